The van der Waals surface area contributed by atoms with Crippen LogP contribution in [0.25, 0.3) is 5.57 Å². The summed E-state index contributed by atoms with van der Waals surface area (Å²) in [6.07, 6.45) is 1.64. The van der Waals surface area contributed by atoms with Crippen LogP contribution in [0.2, 0.25) is 0 Å². The highest BCUT2D eigenvalue weighted by Gasteiger charge is 2.41. The van der Waals surface area contributed by atoms with Crippen LogP contribution in [-0.4, -0.2) is 18.6 Å². The predicted octanol–water partition coefficient (Wildman–Crippen LogP) is 8.82. The van der Waals surface area contributed by atoms with Crippen LogP contribution in [0.1, 0.15) is 74.3 Å². The van der Waals surface area contributed by atoms with Crippen molar-refractivity contribution in [3.8, 4) is 11.5 Å². The van der Waals surface area contributed by atoms with Gasteiger partial charge < -0.3 is 19.0 Å². The average molecular weight is 592 g/mol. The Morgan fingerprint density at radius 2 is 1.30 bits per heavy atom. The van der Waals surface area contributed by atoms with E-state index in [1.54, 1.807) is 11.3 Å². The van der Waals surface area contributed by atoms with E-state index in [1.807, 2.05) is 85.8 Å². The number of ether oxygens (including phenoxy) is 3. The van der Waals surface area contributed by atoms with Crippen molar-refractivity contribution < 1.29 is 23.8 Å². The van der Waals surface area contributed by atoms with Crippen LogP contribution < -0.4 is 14.5 Å². The molecule has 44 heavy (non-hydrogen) atoms. The molecule has 0 spiro atoms. The SMILES string of the molecule is CCOC(=O)C1C(c2cc(C(C)C)ccc2OCc2ccccc2)=CON1c1cc(C(C)C)ccc1OCc1ccccc1. The highest BCUT2D eigenvalue weighted by atomic mass is 16.7. The van der Waals surface area contributed by atoms with Crippen molar-refractivity contribution in [3.63, 3.8) is 0 Å². The van der Waals surface area contributed by atoms with Crippen molar-refractivity contribution in [1.29, 1.82) is 0 Å². The van der Waals surface area contributed by atoms with Gasteiger partial charge in [-0.05, 0) is 65.3 Å². The zero-order valence-corrected chi connectivity index (χ0v) is 26.2. The average Bonchev–Trinajstić information content (AvgIpc) is 3.49. The molecule has 1 atom stereocenters. The normalized spacial score (nSPS) is 14.4. The van der Waals surface area contributed by atoms with Gasteiger partial charge in [-0.3, -0.25) is 0 Å². The Hall–Kier alpha value is -4.71. The first-order chi connectivity index (χ1) is 21.4. The minimum Gasteiger partial charge on any atom is -0.488 e. The lowest BCUT2D eigenvalue weighted by Gasteiger charge is -2.28. The fourth-order valence-corrected chi connectivity index (χ4v) is 5.13. The van der Waals surface area contributed by atoms with E-state index >= 15 is 0 Å². The lowest BCUT2D eigenvalue weighted by Crippen LogP contribution is -2.39. The Morgan fingerprint density at radius 3 is 1.86 bits per heavy atom. The molecule has 0 N–H and O–H groups in total. The van der Waals surface area contributed by atoms with Crippen molar-refractivity contribution in [3.05, 3.63) is 131 Å². The van der Waals surface area contributed by atoms with E-state index in [1.165, 1.54) is 0 Å². The van der Waals surface area contributed by atoms with E-state index in [9.17, 15) is 4.79 Å². The molecule has 6 heteroatoms. The van der Waals surface area contributed by atoms with Crippen molar-refractivity contribution in [2.45, 2.75) is 65.7 Å². The van der Waals surface area contributed by atoms with Gasteiger partial charge in [-0.15, -0.1) is 0 Å². The fraction of sp³-hybridized carbons (Fsp3) is 0.289. The third kappa shape index (κ3) is 7.08. The van der Waals surface area contributed by atoms with Gasteiger partial charge in [-0.1, -0.05) is 100 Å². The van der Waals surface area contributed by atoms with E-state index in [-0.39, 0.29) is 18.4 Å². The van der Waals surface area contributed by atoms with Gasteiger partial charge >= 0.3 is 5.97 Å². The molecule has 0 saturated heterocycles. The summed E-state index contributed by atoms with van der Waals surface area (Å²) in [7, 11) is 0. The molecule has 0 fully saturated rings. The number of hydroxylamine groups is 1. The molecule has 0 bridgehead atoms. The maximum Gasteiger partial charge on any atom is 0.337 e. The van der Waals surface area contributed by atoms with Gasteiger partial charge in [-0.25, -0.2) is 4.79 Å². The topological polar surface area (TPSA) is 57.2 Å². The van der Waals surface area contributed by atoms with E-state index in [4.69, 9.17) is 19.0 Å². The van der Waals surface area contributed by atoms with Crippen LogP contribution in [0.15, 0.2) is 103 Å². The molecule has 0 aromatic heterocycles. The summed E-state index contributed by atoms with van der Waals surface area (Å²) in [5.41, 5.74) is 6.43. The van der Waals surface area contributed by atoms with E-state index < -0.39 is 12.0 Å². The summed E-state index contributed by atoms with van der Waals surface area (Å²) < 4.78 is 18.3. The molecule has 6 nitrogen and oxygen atoms in total. The Morgan fingerprint density at radius 1 is 0.750 bits per heavy atom. The van der Waals surface area contributed by atoms with Crippen LogP contribution in [0, 0.1) is 0 Å². The number of esters is 1. The smallest absolute Gasteiger partial charge is 0.337 e. The molecular formula is C38H41NO5. The first-order valence-electron chi connectivity index (χ1n) is 15.3. The third-order valence-electron chi connectivity index (χ3n) is 7.67. The number of carbonyl (C=O) groups excluding carboxylic acids is 1. The first kappa shape index (κ1) is 30.7. The van der Waals surface area contributed by atoms with Gasteiger partial charge in [0.25, 0.3) is 0 Å². The van der Waals surface area contributed by atoms with Gasteiger partial charge in [-0.2, -0.15) is 5.06 Å². The molecule has 0 radical (unpaired) electrons. The molecule has 228 valence electrons. The zero-order chi connectivity index (χ0) is 31.1. The molecule has 4 aromatic rings. The first-order valence-corrected chi connectivity index (χ1v) is 15.3. The second kappa shape index (κ2) is 14.2. The summed E-state index contributed by atoms with van der Waals surface area (Å²) >= 11 is 0. The van der Waals surface area contributed by atoms with E-state index in [2.05, 4.69) is 45.9 Å². The molecule has 1 aliphatic heterocycles. The van der Waals surface area contributed by atoms with Gasteiger partial charge in [0.1, 0.15) is 36.7 Å². The zero-order valence-electron chi connectivity index (χ0n) is 26.2. The fourth-order valence-electron chi connectivity index (χ4n) is 5.13. The molecule has 1 aliphatic rings. The third-order valence-corrected chi connectivity index (χ3v) is 7.67. The molecular weight excluding hydrogens is 550 g/mol. The summed E-state index contributed by atoms with van der Waals surface area (Å²) in [5, 5.41) is 1.61. The summed E-state index contributed by atoms with van der Waals surface area (Å²) in [5.74, 6) is 1.40. The molecule has 1 unspecified atom stereocenters. The van der Waals surface area contributed by atoms with Crippen LogP contribution in [0.5, 0.6) is 11.5 Å². The van der Waals surface area contributed by atoms with Gasteiger partial charge in [0.2, 0.25) is 0 Å². The standard InChI is InChI=1S/C38H41NO5/c1-6-41-38(40)37-33(32-21-30(26(2)3)17-19-35(32)42-23-28-13-9-7-10-14-28)25-44-39(37)34-22-31(27(4)5)18-20-36(34)43-24-29-15-11-8-12-16-29/h7-22,25-27,37H,6,23-24H2,1-5H3. The number of hydrogen-bond donors (Lipinski definition) is 0. The number of rotatable bonds is 12. The number of carbonyl (C=O) groups is 1. The summed E-state index contributed by atoms with van der Waals surface area (Å²) in [4.78, 5) is 20.0. The Bertz CT molecular complexity index is 1580. The second-order valence-electron chi connectivity index (χ2n) is 11.5. The maximum absolute atomic E-state index is 13.8. The Labute approximate surface area is 260 Å². The predicted molar refractivity (Wildman–Crippen MR) is 175 cm³/mol. The quantitative estimate of drug-likeness (QED) is 0.154. The number of benzene rings is 4. The molecule has 4 aromatic carbocycles. The number of anilines is 1. The van der Waals surface area contributed by atoms with Crippen LogP contribution >= 0.6 is 0 Å². The summed E-state index contributed by atoms with van der Waals surface area (Å²) in [6, 6.07) is 31.3. The van der Waals surface area contributed by atoms with Gasteiger partial charge in [0.05, 0.1) is 6.61 Å². The Balaban J connectivity index is 1.54. The molecule has 5 rings (SSSR count). The van der Waals surface area contributed by atoms with Crippen molar-refractivity contribution >= 4 is 17.2 Å². The minimum atomic E-state index is -0.877. The second-order valence-corrected chi connectivity index (χ2v) is 11.5. The number of nitrogens with zero attached hydrogens (tertiary/aromatic N) is 1. The summed E-state index contributed by atoms with van der Waals surface area (Å²) in [6.45, 7) is 11.4. The van der Waals surface area contributed by atoms with Gasteiger partial charge in [0, 0.05) is 11.1 Å². The molecule has 0 saturated carbocycles. The van der Waals surface area contributed by atoms with Crippen LogP contribution in [-0.2, 0) is 27.6 Å². The molecule has 0 amide bonds. The molecule has 1 heterocycles. The van der Waals surface area contributed by atoms with Gasteiger partial charge in [0.15, 0.2) is 6.04 Å². The maximum atomic E-state index is 13.8. The molecule has 0 aliphatic carbocycles. The minimum absolute atomic E-state index is 0.239. The Kier molecular flexibility index (Phi) is 9.90. The lowest BCUT2D eigenvalue weighted by atomic mass is 9.93. The largest absolute Gasteiger partial charge is 0.488 e. The van der Waals surface area contributed by atoms with Crippen molar-refractivity contribution in [2.75, 3.05) is 11.7 Å². The van der Waals surface area contributed by atoms with Crippen molar-refractivity contribution in [1.82, 2.24) is 0 Å². The van der Waals surface area contributed by atoms with Crippen molar-refractivity contribution in [2.24, 2.45) is 0 Å². The van der Waals surface area contributed by atoms with Crippen LogP contribution in [0.4, 0.5) is 5.69 Å². The highest BCUT2D eigenvalue weighted by Crippen LogP contribution is 2.43. The van der Waals surface area contributed by atoms with E-state index in [0.29, 0.717) is 36.0 Å². The van der Waals surface area contributed by atoms with E-state index in [0.717, 1.165) is 27.8 Å². The van der Waals surface area contributed by atoms with Crippen LogP contribution in [0.3, 0.4) is 0 Å². The number of hydrogen-bond acceptors (Lipinski definition) is 6. The lowest BCUT2D eigenvalue weighted by molar-refractivity contribution is -0.144. The monoisotopic (exact) mass is 591 g/mol. The highest BCUT2D eigenvalue weighted by molar-refractivity contribution is 5.98.